The zero-order valence-corrected chi connectivity index (χ0v) is 21.8. The second kappa shape index (κ2) is 11.5. The van der Waals surface area contributed by atoms with Crippen molar-refractivity contribution >= 4 is 34.5 Å². The monoisotopic (exact) mass is 448 g/mol. The van der Waals surface area contributed by atoms with Gasteiger partial charge in [0.2, 0.25) is 0 Å². The zero-order chi connectivity index (χ0) is 20.5. The quantitative estimate of drug-likeness (QED) is 0.344. The summed E-state index contributed by atoms with van der Waals surface area (Å²) in [5, 5.41) is 0. The van der Waals surface area contributed by atoms with E-state index < -0.39 is 34.5 Å². The van der Waals surface area contributed by atoms with Gasteiger partial charge in [0, 0.05) is 81.0 Å². The Balaban J connectivity index is 5.99. The third-order valence-corrected chi connectivity index (χ3v) is 25.8. The summed E-state index contributed by atoms with van der Waals surface area (Å²) in [7, 11) is 3.61. The average molecular weight is 449 g/mol. The molecule has 0 atom stereocenters. The van der Waals surface area contributed by atoms with Crippen molar-refractivity contribution in [2.24, 2.45) is 0 Å². The van der Waals surface area contributed by atoms with E-state index in [0.717, 1.165) is 0 Å². The van der Waals surface area contributed by atoms with E-state index in [1.165, 1.54) is 0 Å². The summed E-state index contributed by atoms with van der Waals surface area (Å²) in [6.45, 7) is 2.20. The van der Waals surface area contributed by atoms with E-state index in [1.54, 1.807) is 64.0 Å². The van der Waals surface area contributed by atoms with E-state index in [9.17, 15) is 0 Å². The van der Waals surface area contributed by atoms with Crippen molar-refractivity contribution in [1.29, 1.82) is 0 Å². The number of rotatable bonds is 15. The first-order valence-electron chi connectivity index (χ1n) is 8.13. The lowest BCUT2D eigenvalue weighted by Gasteiger charge is -2.40. The highest BCUT2D eigenvalue weighted by Gasteiger charge is 2.58. The normalized spacial score (nSPS) is 14.1. The lowest BCUT2D eigenvalue weighted by molar-refractivity contribution is 0.123. The van der Waals surface area contributed by atoms with Crippen LogP contribution >= 0.6 is 0 Å². The van der Waals surface area contributed by atoms with Crippen LogP contribution in [0.2, 0.25) is 23.5 Å². The van der Waals surface area contributed by atoms with E-state index in [0.29, 0.717) is 17.0 Å². The molecule has 26 heavy (non-hydrogen) atoms. The van der Waals surface area contributed by atoms with Crippen molar-refractivity contribution in [1.82, 2.24) is 0 Å². The van der Waals surface area contributed by atoms with Crippen molar-refractivity contribution in [3.63, 3.8) is 0 Å². The molecule has 0 heterocycles. The molecule has 158 valence electrons. The summed E-state index contributed by atoms with van der Waals surface area (Å²) in [6, 6.07) is 0. The molecule has 9 nitrogen and oxygen atoms in total. The predicted octanol–water partition coefficient (Wildman–Crippen LogP) is 1.32. The molecule has 0 spiro atoms. The standard InChI is InChI=1S/C13H36O9Si4/c1-14-24(15-2,16-3)11-23(10,12-25(17-4,18-5)19-6)13-26(20-7,21-8)22-9/h11-13H2,1-10H3. The first-order valence-corrected chi connectivity index (χ1v) is 17.0. The Hall–Kier alpha value is 0.508. The average Bonchev–Trinajstić information content (AvgIpc) is 2.69. The molecular formula is C13H36O9Si4. The highest BCUT2D eigenvalue weighted by molar-refractivity contribution is 7.01. The van der Waals surface area contributed by atoms with Crippen molar-refractivity contribution in [2.45, 2.75) is 23.5 Å². The first kappa shape index (κ1) is 26.5. The Bertz CT molecular complexity index is 310. The summed E-state index contributed by atoms with van der Waals surface area (Å²) >= 11 is 0. The number of hydrogen-bond acceptors (Lipinski definition) is 9. The van der Waals surface area contributed by atoms with Crippen LogP contribution in [0.15, 0.2) is 0 Å². The lowest BCUT2D eigenvalue weighted by Crippen LogP contribution is -2.61. The maximum absolute atomic E-state index is 5.68. The molecule has 0 aromatic heterocycles. The second-order valence-electron chi connectivity index (χ2n) is 6.23. The fraction of sp³-hybridized carbons (Fsp3) is 1.00. The van der Waals surface area contributed by atoms with Gasteiger partial charge in [-0.15, -0.1) is 0 Å². The molecule has 0 aliphatic heterocycles. The van der Waals surface area contributed by atoms with Crippen LogP contribution in [0.25, 0.3) is 0 Å². The highest BCUT2D eigenvalue weighted by Crippen LogP contribution is 2.36. The molecule has 0 unspecified atom stereocenters. The Morgan fingerprint density at radius 3 is 0.654 bits per heavy atom. The summed E-state index contributed by atoms with van der Waals surface area (Å²) < 4.78 is 51.1. The fourth-order valence-electron chi connectivity index (χ4n) is 3.16. The predicted molar refractivity (Wildman–Crippen MR) is 106 cm³/mol. The van der Waals surface area contributed by atoms with E-state index in [4.69, 9.17) is 39.8 Å². The van der Waals surface area contributed by atoms with Gasteiger partial charge < -0.3 is 39.8 Å². The third kappa shape index (κ3) is 6.54. The molecular weight excluding hydrogens is 412 g/mol. The van der Waals surface area contributed by atoms with Gasteiger partial charge in [-0.3, -0.25) is 0 Å². The van der Waals surface area contributed by atoms with Gasteiger partial charge in [-0.2, -0.15) is 0 Å². The summed E-state index contributed by atoms with van der Waals surface area (Å²) in [5.41, 5.74) is 1.87. The van der Waals surface area contributed by atoms with Gasteiger partial charge >= 0.3 is 26.4 Å². The van der Waals surface area contributed by atoms with Crippen molar-refractivity contribution in [2.75, 3.05) is 64.0 Å². The van der Waals surface area contributed by atoms with Gasteiger partial charge in [-0.25, -0.2) is 0 Å². The Morgan fingerprint density at radius 2 is 0.538 bits per heavy atom. The van der Waals surface area contributed by atoms with Gasteiger partial charge in [0.05, 0.1) is 8.07 Å². The molecule has 0 aliphatic rings. The van der Waals surface area contributed by atoms with Gasteiger partial charge in [-0.05, 0) is 0 Å². The molecule has 0 fully saturated rings. The fourth-order valence-corrected chi connectivity index (χ4v) is 27.3. The van der Waals surface area contributed by atoms with Crippen molar-refractivity contribution in [3.8, 4) is 0 Å². The van der Waals surface area contributed by atoms with Crippen LogP contribution in [-0.2, 0) is 39.8 Å². The summed E-state index contributed by atoms with van der Waals surface area (Å²) in [6.07, 6.45) is 0. The molecule has 0 aromatic carbocycles. The molecule has 0 radical (unpaired) electrons. The van der Waals surface area contributed by atoms with Crippen LogP contribution in [0.3, 0.4) is 0 Å². The smallest absolute Gasteiger partial charge is 0.377 e. The minimum Gasteiger partial charge on any atom is -0.377 e. The topological polar surface area (TPSA) is 83.1 Å². The Kier molecular flexibility index (Phi) is 11.7. The van der Waals surface area contributed by atoms with E-state index >= 15 is 0 Å². The van der Waals surface area contributed by atoms with Gasteiger partial charge in [-0.1, -0.05) is 6.55 Å². The molecule has 0 aromatic rings. The molecule has 0 amide bonds. The van der Waals surface area contributed by atoms with Crippen LogP contribution < -0.4 is 0 Å². The van der Waals surface area contributed by atoms with E-state index in [2.05, 4.69) is 6.55 Å². The highest BCUT2D eigenvalue weighted by atomic mass is 28.5. The second-order valence-corrected chi connectivity index (χ2v) is 21.9. The molecule has 13 heteroatoms. The van der Waals surface area contributed by atoms with Gasteiger partial charge in [0.15, 0.2) is 0 Å². The SMILES string of the molecule is CO[Si](C[Si](C)(C[Si](OC)(OC)OC)C[Si](OC)(OC)OC)(OC)OC. The Morgan fingerprint density at radius 1 is 0.385 bits per heavy atom. The maximum Gasteiger partial charge on any atom is 0.497 e. The third-order valence-electron chi connectivity index (χ3n) is 4.73. The zero-order valence-electron chi connectivity index (χ0n) is 17.8. The minimum atomic E-state index is -2.86. The van der Waals surface area contributed by atoms with Crippen LogP contribution in [0.4, 0.5) is 0 Å². The largest absolute Gasteiger partial charge is 0.497 e. The van der Waals surface area contributed by atoms with Crippen LogP contribution in [0.5, 0.6) is 0 Å². The van der Waals surface area contributed by atoms with Crippen molar-refractivity contribution in [3.05, 3.63) is 0 Å². The summed E-state index contributed by atoms with van der Waals surface area (Å²) in [4.78, 5) is 0. The molecule has 0 aliphatic carbocycles. The number of hydrogen-bond donors (Lipinski definition) is 0. The maximum atomic E-state index is 5.68. The van der Waals surface area contributed by atoms with Crippen LogP contribution in [0.1, 0.15) is 0 Å². The minimum absolute atomic E-state index is 0.624. The van der Waals surface area contributed by atoms with Gasteiger partial charge in [0.25, 0.3) is 0 Å². The molecule has 0 saturated carbocycles. The summed E-state index contributed by atoms with van der Waals surface area (Å²) in [5.74, 6) is 0. The molecule has 0 saturated heterocycles. The van der Waals surface area contributed by atoms with Crippen molar-refractivity contribution < 1.29 is 39.8 Å². The van der Waals surface area contributed by atoms with E-state index in [1.807, 2.05) is 0 Å². The van der Waals surface area contributed by atoms with Crippen LogP contribution in [0, 0.1) is 0 Å². The van der Waals surface area contributed by atoms with Gasteiger partial charge in [0.1, 0.15) is 0 Å². The molecule has 0 rings (SSSR count). The molecule has 0 N–H and O–H groups in total. The lowest BCUT2D eigenvalue weighted by atomic mass is 11.7. The van der Waals surface area contributed by atoms with Crippen LogP contribution in [-0.4, -0.2) is 98.5 Å². The van der Waals surface area contributed by atoms with E-state index in [-0.39, 0.29) is 0 Å². The Labute approximate surface area is 162 Å². The first-order chi connectivity index (χ1) is 12.2. The molecule has 0 bridgehead atoms.